The zero-order chi connectivity index (χ0) is 25.5. The molecule has 188 valence electrons. The second-order valence-corrected chi connectivity index (χ2v) is 7.96. The molecule has 4 aromatic rings. The van der Waals surface area contributed by atoms with Crippen LogP contribution in [0.25, 0.3) is 10.9 Å². The van der Waals surface area contributed by atoms with Gasteiger partial charge < -0.3 is 29.2 Å². The molecule has 0 saturated carbocycles. The van der Waals surface area contributed by atoms with Gasteiger partial charge in [-0.2, -0.15) is 5.10 Å². The number of rotatable bonds is 11. The van der Waals surface area contributed by atoms with Crippen LogP contribution < -0.4 is 24.3 Å². The lowest BCUT2D eigenvalue weighted by Gasteiger charge is -2.11. The molecule has 1 N–H and O–H groups in total. The summed E-state index contributed by atoms with van der Waals surface area (Å²) in [5.74, 6) is 2.05. The summed E-state index contributed by atoms with van der Waals surface area (Å²) in [7, 11) is 7.04. The van der Waals surface area contributed by atoms with E-state index in [-0.39, 0.29) is 12.5 Å². The molecule has 0 fully saturated rings. The molecule has 0 radical (unpaired) electrons. The summed E-state index contributed by atoms with van der Waals surface area (Å²) in [6.07, 6.45) is 6.05. The van der Waals surface area contributed by atoms with Crippen LogP contribution >= 0.6 is 0 Å². The zero-order valence-electron chi connectivity index (χ0n) is 20.5. The third-order valence-corrected chi connectivity index (χ3v) is 5.04. The van der Waals surface area contributed by atoms with Crippen molar-refractivity contribution < 1.29 is 23.7 Å². The number of amides is 1. The quantitative estimate of drug-likeness (QED) is 0.333. The van der Waals surface area contributed by atoms with Crippen molar-refractivity contribution in [2.24, 2.45) is 0 Å². The highest BCUT2D eigenvalue weighted by molar-refractivity contribution is 5.90. The Labute approximate surface area is 207 Å². The van der Waals surface area contributed by atoms with Gasteiger partial charge in [-0.15, -0.1) is 0 Å². The molecule has 0 spiro atoms. The summed E-state index contributed by atoms with van der Waals surface area (Å²) >= 11 is 0. The third kappa shape index (κ3) is 6.16. The van der Waals surface area contributed by atoms with Crippen LogP contribution in [0.3, 0.4) is 0 Å². The van der Waals surface area contributed by atoms with E-state index in [0.717, 1.165) is 6.54 Å². The van der Waals surface area contributed by atoms with Gasteiger partial charge in [0, 0.05) is 18.7 Å². The van der Waals surface area contributed by atoms with E-state index in [1.807, 2.05) is 19.0 Å². The molecule has 3 heterocycles. The normalized spacial score (nSPS) is 10.9. The van der Waals surface area contributed by atoms with Crippen molar-refractivity contribution in [1.82, 2.24) is 29.6 Å². The first-order valence-electron chi connectivity index (χ1n) is 11.1. The number of ether oxygens (including phenoxy) is 4. The second-order valence-electron chi connectivity index (χ2n) is 7.96. The molecule has 0 bridgehead atoms. The molecule has 0 aliphatic heterocycles. The fourth-order valence-corrected chi connectivity index (χ4v) is 3.26. The van der Waals surface area contributed by atoms with Gasteiger partial charge in [-0.25, -0.2) is 15.0 Å². The fraction of sp³-hybridized carbons (Fsp3) is 0.292. The largest absolute Gasteiger partial charge is 0.493 e. The van der Waals surface area contributed by atoms with Crippen molar-refractivity contribution in [3.63, 3.8) is 0 Å². The zero-order valence-corrected chi connectivity index (χ0v) is 20.5. The van der Waals surface area contributed by atoms with Crippen LogP contribution in [0.1, 0.15) is 0 Å². The van der Waals surface area contributed by atoms with Crippen LogP contribution in [0.2, 0.25) is 0 Å². The molecule has 1 aromatic carbocycles. The molecule has 12 nitrogen and oxygen atoms in total. The third-order valence-electron chi connectivity index (χ3n) is 5.04. The van der Waals surface area contributed by atoms with Gasteiger partial charge in [0.2, 0.25) is 17.7 Å². The minimum absolute atomic E-state index is 0.0139. The maximum Gasteiger partial charge on any atom is 0.246 e. The van der Waals surface area contributed by atoms with Crippen LogP contribution in [-0.2, 0) is 11.3 Å². The van der Waals surface area contributed by atoms with Crippen LogP contribution in [0.15, 0.2) is 49.2 Å². The number of carbonyl (C=O) groups is 1. The Morgan fingerprint density at radius 3 is 2.58 bits per heavy atom. The van der Waals surface area contributed by atoms with E-state index >= 15 is 0 Å². The van der Waals surface area contributed by atoms with Crippen molar-refractivity contribution in [1.29, 1.82) is 0 Å². The van der Waals surface area contributed by atoms with Crippen LogP contribution in [0.4, 0.5) is 5.69 Å². The summed E-state index contributed by atoms with van der Waals surface area (Å²) in [6.45, 7) is 1.30. The smallest absolute Gasteiger partial charge is 0.246 e. The number of nitrogens with zero attached hydrogens (tertiary/aromatic N) is 6. The Morgan fingerprint density at radius 2 is 1.86 bits per heavy atom. The number of hydrogen-bond acceptors (Lipinski definition) is 10. The lowest BCUT2D eigenvalue weighted by Crippen LogP contribution is -2.20. The van der Waals surface area contributed by atoms with E-state index in [4.69, 9.17) is 18.9 Å². The van der Waals surface area contributed by atoms with Gasteiger partial charge in [-0.3, -0.25) is 9.48 Å². The van der Waals surface area contributed by atoms with Crippen molar-refractivity contribution in [2.75, 3.05) is 46.8 Å². The number of carbonyl (C=O) groups excluding carboxylic acids is 1. The average Bonchev–Trinajstić information content (AvgIpc) is 3.30. The topological polar surface area (TPSA) is 126 Å². The standard InChI is InChI=1S/C24H27N7O5/c1-30(2)7-8-35-23-6-5-16(11-25-23)29-22(32)14-31-13-17(12-28-31)36-24-18-9-20(33-3)21(34-4)10-19(18)26-15-27-24/h5-6,9-13,15H,7-8,14H2,1-4H3,(H,29,32). The monoisotopic (exact) mass is 493 g/mol. The van der Waals surface area contributed by atoms with Gasteiger partial charge in [0.15, 0.2) is 17.2 Å². The van der Waals surface area contributed by atoms with E-state index in [0.29, 0.717) is 52.2 Å². The minimum Gasteiger partial charge on any atom is -0.493 e. The van der Waals surface area contributed by atoms with Gasteiger partial charge in [-0.05, 0) is 26.2 Å². The van der Waals surface area contributed by atoms with Gasteiger partial charge in [-0.1, -0.05) is 0 Å². The summed E-state index contributed by atoms with van der Waals surface area (Å²) < 4.78 is 23.6. The molecule has 12 heteroatoms. The Bertz CT molecular complexity index is 1320. The van der Waals surface area contributed by atoms with Crippen LogP contribution in [-0.4, -0.2) is 77.0 Å². The van der Waals surface area contributed by atoms with E-state index in [9.17, 15) is 4.79 Å². The number of methoxy groups -OCH3 is 2. The second kappa shape index (κ2) is 11.3. The summed E-state index contributed by atoms with van der Waals surface area (Å²) in [4.78, 5) is 27.2. The first-order chi connectivity index (χ1) is 17.4. The van der Waals surface area contributed by atoms with Crippen molar-refractivity contribution in [3.8, 4) is 29.0 Å². The molecule has 1 amide bonds. The van der Waals surface area contributed by atoms with Gasteiger partial charge >= 0.3 is 0 Å². The molecule has 36 heavy (non-hydrogen) atoms. The molecule has 0 atom stereocenters. The number of nitrogens with one attached hydrogen (secondary N) is 1. The first kappa shape index (κ1) is 24.7. The highest BCUT2D eigenvalue weighted by atomic mass is 16.5. The number of fused-ring (bicyclic) bond motifs is 1. The molecular weight excluding hydrogens is 466 g/mol. The van der Waals surface area contributed by atoms with E-state index < -0.39 is 0 Å². The van der Waals surface area contributed by atoms with E-state index in [1.165, 1.54) is 17.2 Å². The Kier molecular flexibility index (Phi) is 7.75. The minimum atomic E-state index is -0.267. The number of aromatic nitrogens is 5. The highest BCUT2D eigenvalue weighted by Gasteiger charge is 2.14. The maximum atomic E-state index is 12.5. The lowest BCUT2D eigenvalue weighted by molar-refractivity contribution is -0.116. The molecular formula is C24H27N7O5. The molecule has 0 aliphatic carbocycles. The molecule has 4 rings (SSSR count). The number of hydrogen-bond donors (Lipinski definition) is 1. The maximum absolute atomic E-state index is 12.5. The van der Waals surface area contributed by atoms with E-state index in [1.54, 1.807) is 50.9 Å². The van der Waals surface area contributed by atoms with Gasteiger partial charge in [0.25, 0.3) is 0 Å². The van der Waals surface area contributed by atoms with Crippen molar-refractivity contribution in [3.05, 3.63) is 49.2 Å². The molecule has 0 unspecified atom stereocenters. The fourth-order valence-electron chi connectivity index (χ4n) is 3.26. The highest BCUT2D eigenvalue weighted by Crippen LogP contribution is 2.35. The first-order valence-corrected chi connectivity index (χ1v) is 11.1. The number of pyridine rings is 1. The predicted octanol–water partition coefficient (Wildman–Crippen LogP) is 2.61. The van der Waals surface area contributed by atoms with Crippen molar-refractivity contribution >= 4 is 22.5 Å². The summed E-state index contributed by atoms with van der Waals surface area (Å²) in [5, 5.41) is 7.63. The number of benzene rings is 1. The summed E-state index contributed by atoms with van der Waals surface area (Å²) in [6, 6.07) is 6.93. The Balaban J connectivity index is 1.37. The Morgan fingerprint density at radius 1 is 1.06 bits per heavy atom. The lowest BCUT2D eigenvalue weighted by atomic mass is 10.2. The molecule has 3 aromatic heterocycles. The van der Waals surface area contributed by atoms with E-state index in [2.05, 4.69) is 25.4 Å². The number of likely N-dealkylation sites (N-methyl/N-ethyl adjacent to an activating group) is 1. The molecule has 0 saturated heterocycles. The van der Waals surface area contributed by atoms with Crippen LogP contribution in [0.5, 0.6) is 29.0 Å². The number of anilines is 1. The average molecular weight is 494 g/mol. The van der Waals surface area contributed by atoms with Gasteiger partial charge in [0.05, 0.1) is 49.4 Å². The summed E-state index contributed by atoms with van der Waals surface area (Å²) in [5.41, 5.74) is 1.19. The SMILES string of the molecule is COc1cc2ncnc(Oc3cnn(CC(=O)Nc4ccc(OCCN(C)C)nc4)c3)c2cc1OC. The Hall–Kier alpha value is -4.45. The molecule has 0 aliphatic rings. The van der Waals surface area contributed by atoms with Crippen molar-refractivity contribution in [2.45, 2.75) is 6.54 Å². The van der Waals surface area contributed by atoms with Gasteiger partial charge in [0.1, 0.15) is 19.5 Å². The predicted molar refractivity (Wildman–Crippen MR) is 132 cm³/mol. The van der Waals surface area contributed by atoms with Crippen LogP contribution in [0, 0.1) is 0 Å².